The first-order valence-electron chi connectivity index (χ1n) is 11.8. The molecule has 2 heterocycles. The monoisotopic (exact) mass is 542 g/mol. The molecule has 3 aromatic carbocycles. The van der Waals surface area contributed by atoms with Gasteiger partial charge in [-0.2, -0.15) is 8.42 Å². The van der Waals surface area contributed by atoms with Gasteiger partial charge in [0.2, 0.25) is 0 Å². The Morgan fingerprint density at radius 1 is 1.03 bits per heavy atom. The number of halogens is 1. The molecule has 5 rings (SSSR count). The number of benzene rings is 3. The highest BCUT2D eigenvalue weighted by molar-refractivity contribution is 7.87. The molecule has 10 heteroatoms. The van der Waals surface area contributed by atoms with E-state index in [4.69, 9.17) is 25.4 Å². The highest BCUT2D eigenvalue weighted by Crippen LogP contribution is 2.45. The Bertz CT molecular complexity index is 1460. The van der Waals surface area contributed by atoms with Gasteiger partial charge in [-0.1, -0.05) is 24.3 Å². The average Bonchev–Trinajstić information content (AvgIpc) is 2.91. The lowest BCUT2D eigenvalue weighted by molar-refractivity contribution is 0.0880. The standard InChI is InChI=1S/C27H27ClN2O6S/c1-29(28)27(31)21-15-20-18(14-25(21)35-3)11-12-30-16-22-17(13-23(20)30)9-10-24(34-2)26(22)36-37(32,33)19-7-5-4-6-8-19/h4-10,14-15,23H,11-13,16H2,1-3H3. The van der Waals surface area contributed by atoms with Gasteiger partial charge in [-0.05, 0) is 59.9 Å². The second-order valence-corrected chi connectivity index (χ2v) is 11.1. The van der Waals surface area contributed by atoms with Gasteiger partial charge in [0, 0.05) is 43.5 Å². The predicted octanol–water partition coefficient (Wildman–Crippen LogP) is 4.35. The van der Waals surface area contributed by atoms with Gasteiger partial charge in [-0.25, -0.2) is 0 Å². The molecule has 0 aromatic heterocycles. The van der Waals surface area contributed by atoms with E-state index >= 15 is 0 Å². The number of rotatable bonds is 6. The fraction of sp³-hybridized carbons (Fsp3) is 0.296. The van der Waals surface area contributed by atoms with E-state index in [1.54, 1.807) is 24.3 Å². The van der Waals surface area contributed by atoms with Crippen LogP contribution in [0.25, 0.3) is 0 Å². The topological polar surface area (TPSA) is 85.4 Å². The molecule has 3 aromatic rings. The van der Waals surface area contributed by atoms with Crippen LogP contribution >= 0.6 is 11.8 Å². The average molecular weight is 543 g/mol. The van der Waals surface area contributed by atoms with Crippen molar-refractivity contribution in [3.05, 3.63) is 82.4 Å². The zero-order valence-corrected chi connectivity index (χ0v) is 22.3. The predicted molar refractivity (Wildman–Crippen MR) is 139 cm³/mol. The third kappa shape index (κ3) is 4.63. The van der Waals surface area contributed by atoms with E-state index in [2.05, 4.69) is 4.90 Å². The molecule has 1 unspecified atom stereocenters. The molecule has 0 fully saturated rings. The summed E-state index contributed by atoms with van der Waals surface area (Å²) in [5.74, 6) is 0.716. The largest absolute Gasteiger partial charge is 0.496 e. The minimum absolute atomic E-state index is 0.00122. The molecule has 0 N–H and O–H groups in total. The maximum Gasteiger partial charge on any atom is 0.339 e. The Balaban J connectivity index is 1.55. The van der Waals surface area contributed by atoms with Crippen LogP contribution in [0.5, 0.6) is 17.2 Å². The first-order valence-corrected chi connectivity index (χ1v) is 13.5. The number of amides is 1. The van der Waals surface area contributed by atoms with Crippen LogP contribution in [0.1, 0.15) is 38.7 Å². The molecule has 8 nitrogen and oxygen atoms in total. The third-order valence-corrected chi connectivity index (χ3v) is 8.37. The molecule has 0 saturated carbocycles. The van der Waals surface area contributed by atoms with E-state index in [1.807, 2.05) is 18.2 Å². The Hall–Kier alpha value is -3.27. The number of ether oxygens (including phenoxy) is 2. The van der Waals surface area contributed by atoms with E-state index < -0.39 is 10.1 Å². The molecule has 194 valence electrons. The van der Waals surface area contributed by atoms with Crippen LogP contribution in [0.15, 0.2) is 59.5 Å². The summed E-state index contributed by atoms with van der Waals surface area (Å²) in [6.45, 7) is 1.23. The van der Waals surface area contributed by atoms with Crippen molar-refractivity contribution in [3.8, 4) is 17.2 Å². The minimum atomic E-state index is -4.06. The van der Waals surface area contributed by atoms with Crippen molar-refractivity contribution in [3.63, 3.8) is 0 Å². The lowest BCUT2D eigenvalue weighted by atomic mass is 9.83. The minimum Gasteiger partial charge on any atom is -0.496 e. The summed E-state index contributed by atoms with van der Waals surface area (Å²) in [7, 11) is 0.466. The number of methoxy groups -OCH3 is 2. The molecule has 0 saturated heterocycles. The molecule has 0 spiro atoms. The number of nitrogens with zero attached hydrogens (tertiary/aromatic N) is 2. The van der Waals surface area contributed by atoms with Crippen LogP contribution in [0, 0.1) is 0 Å². The molecular weight excluding hydrogens is 516 g/mol. The van der Waals surface area contributed by atoms with Crippen LogP contribution in [-0.2, 0) is 29.5 Å². The van der Waals surface area contributed by atoms with Gasteiger partial charge in [-0.15, -0.1) is 0 Å². The Morgan fingerprint density at radius 2 is 1.76 bits per heavy atom. The van der Waals surface area contributed by atoms with Crippen molar-refractivity contribution in [2.24, 2.45) is 0 Å². The van der Waals surface area contributed by atoms with Crippen molar-refractivity contribution < 1.29 is 26.9 Å². The van der Waals surface area contributed by atoms with E-state index in [0.29, 0.717) is 30.0 Å². The molecule has 1 amide bonds. The number of hydrogen-bond acceptors (Lipinski definition) is 7. The van der Waals surface area contributed by atoms with Crippen LogP contribution in [0.4, 0.5) is 0 Å². The van der Waals surface area contributed by atoms with Crippen LogP contribution < -0.4 is 13.7 Å². The van der Waals surface area contributed by atoms with Crippen LogP contribution in [-0.4, -0.2) is 51.5 Å². The number of hydrogen-bond donors (Lipinski definition) is 0. The SMILES string of the molecule is COc1cc2c(cc1C(=O)N(C)Cl)C1Cc3ccc(OC)c(OS(=O)(=O)c4ccccc4)c3CN1CC2. The lowest BCUT2D eigenvalue weighted by Gasteiger charge is -2.42. The first-order chi connectivity index (χ1) is 17.7. The highest BCUT2D eigenvalue weighted by atomic mass is 35.5. The van der Waals surface area contributed by atoms with Gasteiger partial charge in [0.25, 0.3) is 5.91 Å². The Labute approximate surface area is 221 Å². The quantitative estimate of drug-likeness (QED) is 0.338. The third-order valence-electron chi connectivity index (χ3n) is 6.98. The molecule has 1 atom stereocenters. The van der Waals surface area contributed by atoms with Crippen molar-refractivity contribution in [2.75, 3.05) is 27.8 Å². The summed E-state index contributed by atoms with van der Waals surface area (Å²) in [6.07, 6.45) is 1.37. The summed E-state index contributed by atoms with van der Waals surface area (Å²) in [4.78, 5) is 15.1. The second-order valence-electron chi connectivity index (χ2n) is 9.06. The molecule has 2 aliphatic heterocycles. The maximum absolute atomic E-state index is 13.1. The first kappa shape index (κ1) is 25.4. The number of carbonyl (C=O) groups excluding carboxylic acids is 1. The molecule has 0 radical (unpaired) electrons. The summed E-state index contributed by atoms with van der Waals surface area (Å²) in [6, 6.07) is 15.5. The summed E-state index contributed by atoms with van der Waals surface area (Å²) >= 11 is 5.97. The van der Waals surface area contributed by atoms with E-state index in [1.165, 1.54) is 33.4 Å². The Kier molecular flexibility index (Phi) is 6.78. The van der Waals surface area contributed by atoms with Crippen molar-refractivity contribution in [1.82, 2.24) is 9.32 Å². The van der Waals surface area contributed by atoms with Gasteiger partial charge in [0.15, 0.2) is 11.5 Å². The summed E-state index contributed by atoms with van der Waals surface area (Å²) < 4.78 is 43.9. The second kappa shape index (κ2) is 9.89. The molecule has 0 bridgehead atoms. The van der Waals surface area contributed by atoms with E-state index in [-0.39, 0.29) is 22.6 Å². The number of carbonyl (C=O) groups is 1. The van der Waals surface area contributed by atoms with Gasteiger partial charge >= 0.3 is 10.1 Å². The van der Waals surface area contributed by atoms with E-state index in [9.17, 15) is 13.2 Å². The van der Waals surface area contributed by atoms with Gasteiger partial charge in [0.1, 0.15) is 10.6 Å². The fourth-order valence-corrected chi connectivity index (χ4v) is 6.21. The van der Waals surface area contributed by atoms with Crippen molar-refractivity contribution in [2.45, 2.75) is 30.3 Å². The summed E-state index contributed by atoms with van der Waals surface area (Å²) in [5.41, 5.74) is 4.30. The summed E-state index contributed by atoms with van der Waals surface area (Å²) in [5, 5.41) is 0. The maximum atomic E-state index is 13.1. The Morgan fingerprint density at radius 3 is 2.43 bits per heavy atom. The lowest BCUT2D eigenvalue weighted by Crippen LogP contribution is -2.40. The normalized spacial score (nSPS) is 16.7. The van der Waals surface area contributed by atoms with Gasteiger partial charge < -0.3 is 13.7 Å². The van der Waals surface area contributed by atoms with E-state index in [0.717, 1.165) is 39.6 Å². The van der Waals surface area contributed by atoms with Crippen LogP contribution in [0.3, 0.4) is 0 Å². The zero-order valence-electron chi connectivity index (χ0n) is 20.7. The highest BCUT2D eigenvalue weighted by Gasteiger charge is 2.36. The fourth-order valence-electron chi connectivity index (χ4n) is 5.13. The van der Waals surface area contributed by atoms with Gasteiger partial charge in [-0.3, -0.25) is 14.1 Å². The zero-order chi connectivity index (χ0) is 26.3. The van der Waals surface area contributed by atoms with Crippen molar-refractivity contribution in [1.29, 1.82) is 0 Å². The van der Waals surface area contributed by atoms with Crippen molar-refractivity contribution >= 4 is 27.8 Å². The molecule has 2 aliphatic rings. The van der Waals surface area contributed by atoms with Gasteiger partial charge in [0.05, 0.1) is 19.8 Å². The number of fused-ring (bicyclic) bond motifs is 4. The van der Waals surface area contributed by atoms with Crippen LogP contribution in [0.2, 0.25) is 0 Å². The molecular formula is C27H27ClN2O6S. The smallest absolute Gasteiger partial charge is 0.339 e. The molecule has 37 heavy (non-hydrogen) atoms. The molecule has 0 aliphatic carbocycles.